The topological polar surface area (TPSA) is 15.3 Å². The summed E-state index contributed by atoms with van der Waals surface area (Å²) in [5.41, 5.74) is 0. The number of hydrogen-bond donors (Lipinski definition) is 1. The van der Waals surface area contributed by atoms with Crippen molar-refractivity contribution in [1.29, 1.82) is 0 Å². The quantitative estimate of drug-likeness (QED) is 0.746. The molecule has 1 N–H and O–H groups in total. The van der Waals surface area contributed by atoms with Crippen molar-refractivity contribution in [2.75, 3.05) is 20.1 Å². The van der Waals surface area contributed by atoms with Crippen LogP contribution in [0.25, 0.3) is 0 Å². The van der Waals surface area contributed by atoms with Crippen LogP contribution in [0.15, 0.2) is 0 Å². The van der Waals surface area contributed by atoms with E-state index < -0.39 is 0 Å². The first-order chi connectivity index (χ1) is 7.77. The van der Waals surface area contributed by atoms with Gasteiger partial charge in [0.2, 0.25) is 0 Å². The van der Waals surface area contributed by atoms with Gasteiger partial charge in [0, 0.05) is 12.1 Å². The van der Waals surface area contributed by atoms with Crippen molar-refractivity contribution in [1.82, 2.24) is 10.2 Å². The summed E-state index contributed by atoms with van der Waals surface area (Å²) in [4.78, 5) is 2.57. The van der Waals surface area contributed by atoms with Crippen molar-refractivity contribution in [3.8, 4) is 0 Å². The lowest BCUT2D eigenvalue weighted by atomic mass is 10.0. The van der Waals surface area contributed by atoms with E-state index in [9.17, 15) is 0 Å². The molecule has 2 rings (SSSR count). The standard InChI is InChI=1S/C14H28N2/c1-12(13-8-9-13)16(2)11-5-7-14-6-3-4-10-15-14/h12-15H,3-11H2,1-2H3. The van der Waals surface area contributed by atoms with Crippen LogP contribution in [-0.2, 0) is 0 Å². The lowest BCUT2D eigenvalue weighted by Gasteiger charge is -2.27. The molecule has 1 saturated carbocycles. The number of hydrogen-bond acceptors (Lipinski definition) is 2. The zero-order chi connectivity index (χ0) is 11.4. The Balaban J connectivity index is 1.55. The van der Waals surface area contributed by atoms with Gasteiger partial charge in [0.15, 0.2) is 0 Å². The fraction of sp³-hybridized carbons (Fsp3) is 1.00. The van der Waals surface area contributed by atoms with E-state index in [0.717, 1.165) is 18.0 Å². The first kappa shape index (κ1) is 12.4. The minimum absolute atomic E-state index is 0.818. The Morgan fingerprint density at radius 3 is 2.69 bits per heavy atom. The molecule has 16 heavy (non-hydrogen) atoms. The second-order valence-corrected chi connectivity index (χ2v) is 5.85. The molecule has 2 heteroatoms. The number of piperidine rings is 1. The van der Waals surface area contributed by atoms with E-state index in [1.54, 1.807) is 0 Å². The van der Waals surface area contributed by atoms with Gasteiger partial charge in [0.05, 0.1) is 0 Å². The van der Waals surface area contributed by atoms with Gasteiger partial charge in [-0.05, 0) is 71.5 Å². The van der Waals surface area contributed by atoms with Crippen LogP contribution in [0.5, 0.6) is 0 Å². The normalized spacial score (nSPS) is 28.3. The predicted octanol–water partition coefficient (Wildman–Crippen LogP) is 2.64. The second kappa shape index (κ2) is 6.02. The van der Waals surface area contributed by atoms with Gasteiger partial charge in [0.25, 0.3) is 0 Å². The summed E-state index contributed by atoms with van der Waals surface area (Å²) in [6.07, 6.45) is 9.90. The van der Waals surface area contributed by atoms with Gasteiger partial charge in [-0.25, -0.2) is 0 Å². The molecule has 0 aromatic carbocycles. The van der Waals surface area contributed by atoms with Crippen LogP contribution < -0.4 is 5.32 Å². The fourth-order valence-electron chi connectivity index (χ4n) is 2.90. The summed E-state index contributed by atoms with van der Waals surface area (Å²) in [5.74, 6) is 1.01. The van der Waals surface area contributed by atoms with Crippen molar-refractivity contribution in [2.45, 2.75) is 64.0 Å². The zero-order valence-corrected chi connectivity index (χ0v) is 11.0. The first-order valence-electron chi connectivity index (χ1n) is 7.21. The lowest BCUT2D eigenvalue weighted by molar-refractivity contribution is 0.224. The minimum Gasteiger partial charge on any atom is -0.314 e. The molecule has 2 fully saturated rings. The molecule has 0 radical (unpaired) electrons. The Morgan fingerprint density at radius 1 is 1.25 bits per heavy atom. The largest absolute Gasteiger partial charge is 0.314 e. The van der Waals surface area contributed by atoms with Gasteiger partial charge in [-0.1, -0.05) is 6.42 Å². The third kappa shape index (κ3) is 3.74. The Kier molecular flexibility index (Phi) is 4.66. The van der Waals surface area contributed by atoms with Crippen molar-refractivity contribution >= 4 is 0 Å². The summed E-state index contributed by atoms with van der Waals surface area (Å²) < 4.78 is 0. The molecule has 0 aromatic heterocycles. The van der Waals surface area contributed by atoms with E-state index in [1.165, 1.54) is 58.0 Å². The first-order valence-corrected chi connectivity index (χ1v) is 7.21. The molecule has 1 heterocycles. The highest BCUT2D eigenvalue weighted by Crippen LogP contribution is 2.34. The van der Waals surface area contributed by atoms with E-state index in [-0.39, 0.29) is 0 Å². The van der Waals surface area contributed by atoms with Crippen LogP contribution in [0.1, 0.15) is 51.9 Å². The van der Waals surface area contributed by atoms with Crippen molar-refractivity contribution in [2.24, 2.45) is 5.92 Å². The number of nitrogens with one attached hydrogen (secondary N) is 1. The Hall–Kier alpha value is -0.0800. The zero-order valence-electron chi connectivity index (χ0n) is 11.0. The highest BCUT2D eigenvalue weighted by molar-refractivity contribution is 4.84. The smallest absolute Gasteiger partial charge is 0.00921 e. The second-order valence-electron chi connectivity index (χ2n) is 5.85. The molecule has 0 amide bonds. The molecule has 2 nitrogen and oxygen atoms in total. The molecular weight excluding hydrogens is 196 g/mol. The van der Waals surface area contributed by atoms with Gasteiger partial charge >= 0.3 is 0 Å². The monoisotopic (exact) mass is 224 g/mol. The van der Waals surface area contributed by atoms with Crippen LogP contribution in [0.2, 0.25) is 0 Å². The van der Waals surface area contributed by atoms with Crippen LogP contribution in [0, 0.1) is 5.92 Å². The average Bonchev–Trinajstić information content (AvgIpc) is 3.13. The van der Waals surface area contributed by atoms with Crippen LogP contribution in [0.3, 0.4) is 0 Å². The van der Waals surface area contributed by atoms with Gasteiger partial charge in [-0.2, -0.15) is 0 Å². The van der Waals surface area contributed by atoms with Gasteiger partial charge < -0.3 is 10.2 Å². The molecule has 0 bridgehead atoms. The van der Waals surface area contributed by atoms with Gasteiger partial charge in [0.1, 0.15) is 0 Å². The Labute approximate surface area is 101 Å². The summed E-state index contributed by atoms with van der Waals surface area (Å²) >= 11 is 0. The molecule has 94 valence electrons. The molecule has 2 atom stereocenters. The summed E-state index contributed by atoms with van der Waals surface area (Å²) in [5, 5.41) is 3.64. The third-order valence-corrected chi connectivity index (χ3v) is 4.48. The Morgan fingerprint density at radius 2 is 2.06 bits per heavy atom. The molecular formula is C14H28N2. The van der Waals surface area contributed by atoms with E-state index in [2.05, 4.69) is 24.2 Å². The Bertz CT molecular complexity index is 195. The maximum absolute atomic E-state index is 3.64. The maximum Gasteiger partial charge on any atom is 0.00921 e. The van der Waals surface area contributed by atoms with Gasteiger partial charge in [-0.3, -0.25) is 0 Å². The molecule has 0 aromatic rings. The van der Waals surface area contributed by atoms with Gasteiger partial charge in [-0.15, -0.1) is 0 Å². The van der Waals surface area contributed by atoms with Crippen molar-refractivity contribution in [3.63, 3.8) is 0 Å². The SMILES string of the molecule is CC(C1CC1)N(C)CCCC1CCCCN1. The van der Waals surface area contributed by atoms with E-state index in [4.69, 9.17) is 0 Å². The molecule has 2 aliphatic rings. The highest BCUT2D eigenvalue weighted by Gasteiger charge is 2.30. The molecule has 2 unspecified atom stereocenters. The van der Waals surface area contributed by atoms with Crippen molar-refractivity contribution < 1.29 is 0 Å². The van der Waals surface area contributed by atoms with E-state index >= 15 is 0 Å². The van der Waals surface area contributed by atoms with Crippen LogP contribution in [-0.4, -0.2) is 37.1 Å². The van der Waals surface area contributed by atoms with Crippen LogP contribution >= 0.6 is 0 Å². The highest BCUT2D eigenvalue weighted by atomic mass is 15.1. The minimum atomic E-state index is 0.818. The molecule has 1 aliphatic carbocycles. The van der Waals surface area contributed by atoms with E-state index in [1.807, 2.05) is 0 Å². The van der Waals surface area contributed by atoms with Crippen LogP contribution in [0.4, 0.5) is 0 Å². The predicted molar refractivity (Wildman–Crippen MR) is 69.7 cm³/mol. The molecule has 1 saturated heterocycles. The van der Waals surface area contributed by atoms with E-state index in [0.29, 0.717) is 0 Å². The third-order valence-electron chi connectivity index (χ3n) is 4.48. The fourth-order valence-corrected chi connectivity index (χ4v) is 2.90. The summed E-state index contributed by atoms with van der Waals surface area (Å²) in [6.45, 7) is 4.94. The molecule has 1 aliphatic heterocycles. The number of nitrogens with zero attached hydrogens (tertiary/aromatic N) is 1. The average molecular weight is 224 g/mol. The summed E-state index contributed by atoms with van der Waals surface area (Å²) in [6, 6.07) is 1.64. The van der Waals surface area contributed by atoms with Crippen molar-refractivity contribution in [3.05, 3.63) is 0 Å². The lowest BCUT2D eigenvalue weighted by Crippen LogP contribution is -2.36. The number of rotatable bonds is 6. The maximum atomic E-state index is 3.64. The summed E-state index contributed by atoms with van der Waals surface area (Å²) in [7, 11) is 2.30. The molecule has 0 spiro atoms.